The molecule has 0 spiro atoms. The van der Waals surface area contributed by atoms with Crippen molar-refractivity contribution in [2.75, 3.05) is 16.8 Å². The number of nitrogens with zero attached hydrogens (tertiary/aromatic N) is 2. The first kappa shape index (κ1) is 18.2. The Labute approximate surface area is 159 Å². The quantitative estimate of drug-likeness (QED) is 0.877. The molecule has 4 rings (SSSR count). The zero-order chi connectivity index (χ0) is 19.3. The van der Waals surface area contributed by atoms with Gasteiger partial charge in [-0.2, -0.15) is 5.10 Å². The normalized spacial score (nSPS) is 24.1. The zero-order valence-electron chi connectivity index (χ0n) is 15.9. The summed E-state index contributed by atoms with van der Waals surface area (Å²) in [6.45, 7) is 6.25. The van der Waals surface area contributed by atoms with Crippen LogP contribution in [0.5, 0.6) is 0 Å². The molecule has 0 aliphatic carbocycles. The van der Waals surface area contributed by atoms with Crippen molar-refractivity contribution in [1.29, 1.82) is 0 Å². The van der Waals surface area contributed by atoms with Gasteiger partial charge in [0.25, 0.3) is 0 Å². The molecule has 1 aromatic heterocycles. The first-order chi connectivity index (χ1) is 12.7. The van der Waals surface area contributed by atoms with E-state index in [0.717, 1.165) is 16.8 Å². The summed E-state index contributed by atoms with van der Waals surface area (Å²) in [5, 5.41) is 7.58. The molecule has 1 fully saturated rings. The Kier molecular flexibility index (Phi) is 4.37. The number of carbonyl (C=O) groups is 1. The summed E-state index contributed by atoms with van der Waals surface area (Å²) in [6, 6.07) is 8.23. The molecule has 1 saturated heterocycles. The molecular weight excluding hydrogens is 362 g/mol. The van der Waals surface area contributed by atoms with Crippen molar-refractivity contribution in [2.24, 2.45) is 0 Å². The molecule has 27 heavy (non-hydrogen) atoms. The minimum Gasteiger partial charge on any atom is -0.311 e. The molecule has 6 nitrogen and oxygen atoms in total. The highest BCUT2D eigenvalue weighted by atomic mass is 32.2. The molecule has 1 amide bonds. The van der Waals surface area contributed by atoms with Gasteiger partial charge < -0.3 is 5.32 Å². The number of rotatable bonds is 3. The van der Waals surface area contributed by atoms with E-state index in [2.05, 4.69) is 48.5 Å². The number of hydrogen-bond donors (Lipinski definition) is 1. The van der Waals surface area contributed by atoms with Crippen LogP contribution < -0.4 is 5.32 Å². The smallest absolute Gasteiger partial charge is 0.226 e. The number of carbonyl (C=O) groups excluding carboxylic acids is 1. The van der Waals surface area contributed by atoms with E-state index in [1.165, 1.54) is 5.56 Å². The van der Waals surface area contributed by atoms with E-state index in [1.807, 2.05) is 6.92 Å². The van der Waals surface area contributed by atoms with E-state index in [9.17, 15) is 13.2 Å². The van der Waals surface area contributed by atoms with Crippen molar-refractivity contribution >= 4 is 21.6 Å². The molecule has 144 valence electrons. The summed E-state index contributed by atoms with van der Waals surface area (Å²) in [7, 11) is -3.03. The van der Waals surface area contributed by atoms with Crippen LogP contribution in [-0.2, 0) is 14.6 Å². The van der Waals surface area contributed by atoms with Crippen LogP contribution in [0.4, 0.5) is 5.82 Å². The van der Waals surface area contributed by atoms with Crippen LogP contribution in [0, 0.1) is 6.92 Å². The minimum atomic E-state index is -3.03. The lowest BCUT2D eigenvalue weighted by Crippen LogP contribution is -2.26. The monoisotopic (exact) mass is 387 g/mol. The number of sulfone groups is 1. The van der Waals surface area contributed by atoms with Crippen LogP contribution in [-0.4, -0.2) is 35.6 Å². The molecule has 0 radical (unpaired) electrons. The lowest BCUT2D eigenvalue weighted by molar-refractivity contribution is -0.116. The van der Waals surface area contributed by atoms with Gasteiger partial charge in [-0.25, -0.2) is 13.1 Å². The van der Waals surface area contributed by atoms with Gasteiger partial charge in [-0.3, -0.25) is 4.79 Å². The van der Waals surface area contributed by atoms with Crippen molar-refractivity contribution in [2.45, 2.75) is 51.5 Å². The van der Waals surface area contributed by atoms with E-state index in [0.29, 0.717) is 24.6 Å². The average molecular weight is 388 g/mol. The topological polar surface area (TPSA) is 81.1 Å². The summed E-state index contributed by atoms with van der Waals surface area (Å²) in [6.07, 6.45) is 0.920. The first-order valence-corrected chi connectivity index (χ1v) is 11.3. The maximum atomic E-state index is 12.4. The van der Waals surface area contributed by atoms with E-state index < -0.39 is 9.84 Å². The number of amides is 1. The van der Waals surface area contributed by atoms with Crippen molar-refractivity contribution < 1.29 is 13.2 Å². The maximum Gasteiger partial charge on any atom is 0.226 e. The van der Waals surface area contributed by atoms with Crippen LogP contribution in [0.1, 0.15) is 67.0 Å². The van der Waals surface area contributed by atoms with Gasteiger partial charge in [0.2, 0.25) is 5.91 Å². The van der Waals surface area contributed by atoms with Crippen LogP contribution in [0.25, 0.3) is 0 Å². The highest BCUT2D eigenvalue weighted by molar-refractivity contribution is 7.91. The summed E-state index contributed by atoms with van der Waals surface area (Å²) < 4.78 is 25.5. The number of fused-ring (bicyclic) bond motifs is 1. The largest absolute Gasteiger partial charge is 0.311 e. The third-order valence-electron chi connectivity index (χ3n) is 5.69. The molecule has 2 aliphatic heterocycles. The van der Waals surface area contributed by atoms with Crippen LogP contribution >= 0.6 is 0 Å². The van der Waals surface area contributed by atoms with Crippen molar-refractivity contribution in [1.82, 2.24) is 9.78 Å². The molecular formula is C20H25N3O3S. The van der Waals surface area contributed by atoms with Gasteiger partial charge >= 0.3 is 0 Å². The van der Waals surface area contributed by atoms with Gasteiger partial charge in [0.1, 0.15) is 5.82 Å². The van der Waals surface area contributed by atoms with E-state index in [1.54, 1.807) is 4.68 Å². The van der Waals surface area contributed by atoms with Crippen molar-refractivity contribution in [3.05, 3.63) is 46.6 Å². The summed E-state index contributed by atoms with van der Waals surface area (Å²) in [4.78, 5) is 12.4. The number of hydrogen-bond acceptors (Lipinski definition) is 4. The van der Waals surface area contributed by atoms with E-state index >= 15 is 0 Å². The fourth-order valence-corrected chi connectivity index (χ4v) is 5.89. The highest BCUT2D eigenvalue weighted by Gasteiger charge is 2.37. The predicted octanol–water partition coefficient (Wildman–Crippen LogP) is 3.15. The Morgan fingerprint density at radius 2 is 1.93 bits per heavy atom. The van der Waals surface area contributed by atoms with Gasteiger partial charge in [-0.15, -0.1) is 0 Å². The number of benzene rings is 1. The molecule has 2 aromatic rings. The lowest BCUT2D eigenvalue weighted by atomic mass is 9.85. The van der Waals surface area contributed by atoms with Gasteiger partial charge in [0, 0.05) is 17.9 Å². The summed E-state index contributed by atoms with van der Waals surface area (Å²) in [5.74, 6) is 1.29. The molecule has 7 heteroatoms. The SMILES string of the molecule is Cc1nn(C2CCS(=O)(=O)C2)c2c1C(c1ccc(C(C)C)cc1)CC(=O)N2. The number of aryl methyl sites for hydroxylation is 1. The Morgan fingerprint density at radius 3 is 2.52 bits per heavy atom. The number of nitrogens with one attached hydrogen (secondary N) is 1. The molecule has 2 atom stereocenters. The second-order valence-electron chi connectivity index (χ2n) is 7.98. The lowest BCUT2D eigenvalue weighted by Gasteiger charge is -2.25. The second kappa shape index (κ2) is 6.48. The molecule has 1 aromatic carbocycles. The Balaban J connectivity index is 1.75. The standard InChI is InChI=1S/C20H25N3O3S/c1-12(2)14-4-6-15(7-5-14)17-10-18(24)21-20-19(17)13(3)22-23(20)16-8-9-27(25,26)11-16/h4-7,12,16-17H,8-11H2,1-3H3,(H,21,24). The van der Waals surface area contributed by atoms with Gasteiger partial charge in [0.15, 0.2) is 9.84 Å². The second-order valence-corrected chi connectivity index (χ2v) is 10.2. The summed E-state index contributed by atoms with van der Waals surface area (Å²) >= 11 is 0. The Bertz CT molecular complexity index is 990. The third kappa shape index (κ3) is 3.29. The van der Waals surface area contributed by atoms with Gasteiger partial charge in [0.05, 0.1) is 23.2 Å². The average Bonchev–Trinajstić information content (AvgIpc) is 3.13. The van der Waals surface area contributed by atoms with Crippen molar-refractivity contribution in [3.8, 4) is 0 Å². The fourth-order valence-electron chi connectivity index (χ4n) is 4.20. The molecule has 2 aliphatic rings. The molecule has 3 heterocycles. The third-order valence-corrected chi connectivity index (χ3v) is 7.44. The fraction of sp³-hybridized carbons (Fsp3) is 0.500. The number of anilines is 1. The van der Waals surface area contributed by atoms with Crippen LogP contribution in [0.15, 0.2) is 24.3 Å². The maximum absolute atomic E-state index is 12.4. The molecule has 0 bridgehead atoms. The number of aromatic nitrogens is 2. The zero-order valence-corrected chi connectivity index (χ0v) is 16.7. The van der Waals surface area contributed by atoms with Gasteiger partial charge in [-0.05, 0) is 30.4 Å². The highest BCUT2D eigenvalue weighted by Crippen LogP contribution is 2.41. The molecule has 2 unspecified atom stereocenters. The summed E-state index contributed by atoms with van der Waals surface area (Å²) in [5.41, 5.74) is 4.23. The Hall–Kier alpha value is -2.15. The van der Waals surface area contributed by atoms with E-state index in [-0.39, 0.29) is 29.4 Å². The van der Waals surface area contributed by atoms with Crippen molar-refractivity contribution in [3.63, 3.8) is 0 Å². The first-order valence-electron chi connectivity index (χ1n) is 9.44. The molecule has 0 saturated carbocycles. The van der Waals surface area contributed by atoms with Crippen LogP contribution in [0.2, 0.25) is 0 Å². The molecule has 1 N–H and O–H groups in total. The predicted molar refractivity (Wildman–Crippen MR) is 105 cm³/mol. The van der Waals surface area contributed by atoms with E-state index in [4.69, 9.17) is 0 Å². The van der Waals surface area contributed by atoms with Gasteiger partial charge in [-0.1, -0.05) is 38.1 Å². The Morgan fingerprint density at radius 1 is 1.22 bits per heavy atom. The minimum absolute atomic E-state index is 0.0533. The van der Waals surface area contributed by atoms with Crippen LogP contribution in [0.3, 0.4) is 0 Å².